The third-order valence-electron chi connectivity index (χ3n) is 4.20. The first-order chi connectivity index (χ1) is 9.15. The standard InChI is InChI=1S/C16H25NO2/c1-11-5-6-16(18-4)13(9-11)10-15(17-3)14-7-8-19-12(14)2/h5-6,9,12,14-15,17H,7-8,10H2,1-4H3. The zero-order valence-electron chi connectivity index (χ0n) is 12.4. The summed E-state index contributed by atoms with van der Waals surface area (Å²) < 4.78 is 11.2. The second-order valence-electron chi connectivity index (χ2n) is 5.44. The maximum Gasteiger partial charge on any atom is 0.122 e. The van der Waals surface area contributed by atoms with Gasteiger partial charge in [-0.3, -0.25) is 0 Å². The fourth-order valence-corrected chi connectivity index (χ4v) is 3.05. The van der Waals surface area contributed by atoms with Crippen molar-refractivity contribution >= 4 is 0 Å². The van der Waals surface area contributed by atoms with Gasteiger partial charge in [-0.25, -0.2) is 0 Å². The van der Waals surface area contributed by atoms with Crippen molar-refractivity contribution in [2.24, 2.45) is 5.92 Å². The minimum Gasteiger partial charge on any atom is -0.496 e. The Labute approximate surface area is 116 Å². The summed E-state index contributed by atoms with van der Waals surface area (Å²) in [5, 5.41) is 3.46. The molecule has 0 amide bonds. The Hall–Kier alpha value is -1.06. The van der Waals surface area contributed by atoms with E-state index in [1.807, 2.05) is 7.05 Å². The molecule has 1 aromatic rings. The van der Waals surface area contributed by atoms with Crippen LogP contribution in [0.15, 0.2) is 18.2 Å². The van der Waals surface area contributed by atoms with Crippen LogP contribution in [0.2, 0.25) is 0 Å². The molecule has 1 N–H and O–H groups in total. The van der Waals surface area contributed by atoms with Gasteiger partial charge < -0.3 is 14.8 Å². The molecule has 0 saturated carbocycles. The Balaban J connectivity index is 2.15. The first-order valence-electron chi connectivity index (χ1n) is 7.08. The minimum atomic E-state index is 0.341. The van der Waals surface area contributed by atoms with Gasteiger partial charge in [-0.2, -0.15) is 0 Å². The predicted molar refractivity (Wildman–Crippen MR) is 77.8 cm³/mol. The number of methoxy groups -OCH3 is 1. The molecule has 106 valence electrons. The van der Waals surface area contributed by atoms with Gasteiger partial charge in [0.05, 0.1) is 13.2 Å². The summed E-state index contributed by atoms with van der Waals surface area (Å²) in [4.78, 5) is 0. The van der Waals surface area contributed by atoms with Crippen LogP contribution in [0.4, 0.5) is 0 Å². The summed E-state index contributed by atoms with van der Waals surface area (Å²) >= 11 is 0. The summed E-state index contributed by atoms with van der Waals surface area (Å²) in [7, 11) is 3.78. The molecule has 3 atom stereocenters. The van der Waals surface area contributed by atoms with Gasteiger partial charge in [0.2, 0.25) is 0 Å². The van der Waals surface area contributed by atoms with Crippen LogP contribution in [0.1, 0.15) is 24.5 Å². The molecule has 3 nitrogen and oxygen atoms in total. The van der Waals surface area contributed by atoms with Gasteiger partial charge in [0.25, 0.3) is 0 Å². The van der Waals surface area contributed by atoms with E-state index in [1.54, 1.807) is 7.11 Å². The predicted octanol–water partition coefficient (Wildman–Crippen LogP) is 2.56. The fourth-order valence-electron chi connectivity index (χ4n) is 3.05. The molecule has 1 heterocycles. The number of likely N-dealkylation sites (N-methyl/N-ethyl adjacent to an activating group) is 1. The molecular weight excluding hydrogens is 238 g/mol. The molecule has 19 heavy (non-hydrogen) atoms. The monoisotopic (exact) mass is 263 g/mol. The normalized spacial score (nSPS) is 24.4. The van der Waals surface area contributed by atoms with Crippen molar-refractivity contribution in [3.63, 3.8) is 0 Å². The van der Waals surface area contributed by atoms with Crippen molar-refractivity contribution in [3.05, 3.63) is 29.3 Å². The van der Waals surface area contributed by atoms with Crippen LogP contribution in [0.25, 0.3) is 0 Å². The molecule has 0 aromatic heterocycles. The number of hydrogen-bond donors (Lipinski definition) is 1. The number of aryl methyl sites for hydroxylation is 1. The third-order valence-corrected chi connectivity index (χ3v) is 4.20. The van der Waals surface area contributed by atoms with E-state index in [1.165, 1.54) is 11.1 Å². The molecule has 0 bridgehead atoms. The van der Waals surface area contributed by atoms with Gasteiger partial charge in [-0.1, -0.05) is 17.7 Å². The molecule has 3 unspecified atom stereocenters. The van der Waals surface area contributed by atoms with E-state index < -0.39 is 0 Å². The highest BCUT2D eigenvalue weighted by Gasteiger charge is 2.31. The zero-order chi connectivity index (χ0) is 13.8. The number of benzene rings is 1. The van der Waals surface area contributed by atoms with Crippen LogP contribution in [0.3, 0.4) is 0 Å². The maximum absolute atomic E-state index is 5.69. The highest BCUT2D eigenvalue weighted by atomic mass is 16.5. The van der Waals surface area contributed by atoms with Crippen molar-refractivity contribution in [1.29, 1.82) is 0 Å². The largest absolute Gasteiger partial charge is 0.496 e. The van der Waals surface area contributed by atoms with E-state index in [-0.39, 0.29) is 0 Å². The Morgan fingerprint density at radius 3 is 2.84 bits per heavy atom. The molecule has 1 saturated heterocycles. The maximum atomic E-state index is 5.69. The van der Waals surface area contributed by atoms with E-state index in [4.69, 9.17) is 9.47 Å². The van der Waals surface area contributed by atoms with Gasteiger partial charge >= 0.3 is 0 Å². The van der Waals surface area contributed by atoms with Crippen molar-refractivity contribution in [2.75, 3.05) is 20.8 Å². The SMILES string of the molecule is CNC(Cc1cc(C)ccc1OC)C1CCOC1C. The first kappa shape index (κ1) is 14.4. The Morgan fingerprint density at radius 2 is 2.26 bits per heavy atom. The van der Waals surface area contributed by atoms with Crippen LogP contribution < -0.4 is 10.1 Å². The minimum absolute atomic E-state index is 0.341. The van der Waals surface area contributed by atoms with Crippen LogP contribution in [0.5, 0.6) is 5.75 Å². The van der Waals surface area contributed by atoms with Crippen molar-refractivity contribution in [1.82, 2.24) is 5.32 Å². The molecule has 3 heteroatoms. The molecular formula is C16H25NO2. The van der Waals surface area contributed by atoms with Gasteiger partial charge in [-0.05, 0) is 45.4 Å². The molecule has 1 aromatic carbocycles. The highest BCUT2D eigenvalue weighted by molar-refractivity contribution is 5.37. The van der Waals surface area contributed by atoms with Gasteiger partial charge in [0, 0.05) is 18.6 Å². The second kappa shape index (κ2) is 6.40. The van der Waals surface area contributed by atoms with E-state index in [2.05, 4.69) is 37.4 Å². The van der Waals surface area contributed by atoms with E-state index in [0.29, 0.717) is 18.1 Å². The average molecular weight is 263 g/mol. The summed E-state index contributed by atoms with van der Waals surface area (Å²) in [6.07, 6.45) is 2.47. The van der Waals surface area contributed by atoms with Crippen molar-refractivity contribution < 1.29 is 9.47 Å². The first-order valence-corrected chi connectivity index (χ1v) is 7.08. The lowest BCUT2D eigenvalue weighted by molar-refractivity contribution is 0.0962. The smallest absolute Gasteiger partial charge is 0.122 e. The second-order valence-corrected chi connectivity index (χ2v) is 5.44. The van der Waals surface area contributed by atoms with Crippen LogP contribution in [-0.4, -0.2) is 32.9 Å². The van der Waals surface area contributed by atoms with Crippen molar-refractivity contribution in [3.8, 4) is 5.75 Å². The molecule has 1 aliphatic heterocycles. The van der Waals surface area contributed by atoms with Gasteiger partial charge in [-0.15, -0.1) is 0 Å². The summed E-state index contributed by atoms with van der Waals surface area (Å²) in [6, 6.07) is 6.82. The van der Waals surface area contributed by atoms with E-state index >= 15 is 0 Å². The summed E-state index contributed by atoms with van der Waals surface area (Å²) in [5.41, 5.74) is 2.56. The lowest BCUT2D eigenvalue weighted by Gasteiger charge is -2.26. The van der Waals surface area contributed by atoms with Crippen LogP contribution >= 0.6 is 0 Å². The molecule has 1 fully saturated rings. The molecule has 1 aliphatic rings. The number of rotatable bonds is 5. The third kappa shape index (κ3) is 3.28. The zero-order valence-corrected chi connectivity index (χ0v) is 12.4. The summed E-state index contributed by atoms with van der Waals surface area (Å²) in [6.45, 7) is 5.18. The lowest BCUT2D eigenvalue weighted by Crippen LogP contribution is -2.38. The molecule has 2 rings (SSSR count). The molecule has 0 spiro atoms. The number of hydrogen-bond acceptors (Lipinski definition) is 3. The van der Waals surface area contributed by atoms with E-state index in [9.17, 15) is 0 Å². The molecule has 0 aliphatic carbocycles. The summed E-state index contributed by atoms with van der Waals surface area (Å²) in [5.74, 6) is 1.56. The Kier molecular flexibility index (Phi) is 4.83. The highest BCUT2D eigenvalue weighted by Crippen LogP contribution is 2.28. The number of ether oxygens (including phenoxy) is 2. The average Bonchev–Trinajstić information content (AvgIpc) is 2.82. The molecule has 0 radical (unpaired) electrons. The van der Waals surface area contributed by atoms with E-state index in [0.717, 1.165) is 25.2 Å². The Morgan fingerprint density at radius 1 is 1.47 bits per heavy atom. The lowest BCUT2D eigenvalue weighted by atomic mass is 9.88. The van der Waals surface area contributed by atoms with Gasteiger partial charge in [0.15, 0.2) is 0 Å². The van der Waals surface area contributed by atoms with Crippen LogP contribution in [0, 0.1) is 12.8 Å². The fraction of sp³-hybridized carbons (Fsp3) is 0.625. The topological polar surface area (TPSA) is 30.5 Å². The number of nitrogens with one attached hydrogen (secondary N) is 1. The van der Waals surface area contributed by atoms with Gasteiger partial charge in [0.1, 0.15) is 5.75 Å². The quantitative estimate of drug-likeness (QED) is 0.885. The van der Waals surface area contributed by atoms with Crippen LogP contribution in [-0.2, 0) is 11.2 Å². The Bertz CT molecular complexity index is 419. The van der Waals surface area contributed by atoms with Crippen molar-refractivity contribution in [2.45, 2.75) is 38.8 Å².